The van der Waals surface area contributed by atoms with Crippen LogP contribution in [0, 0.1) is 0 Å². The first-order valence-electron chi connectivity index (χ1n) is 22.2. The van der Waals surface area contributed by atoms with Crippen molar-refractivity contribution in [2.75, 3.05) is 75.2 Å². The molecule has 0 rings (SSSR count). The van der Waals surface area contributed by atoms with Crippen LogP contribution >= 0.6 is 0 Å². The summed E-state index contributed by atoms with van der Waals surface area (Å²) in [4.78, 5) is 22.5. The maximum absolute atomic E-state index is 11.2. The van der Waals surface area contributed by atoms with E-state index in [9.17, 15) is 9.59 Å². The van der Waals surface area contributed by atoms with E-state index in [4.69, 9.17) is 18.9 Å². The van der Waals surface area contributed by atoms with Crippen LogP contribution in [0.5, 0.6) is 0 Å². The Morgan fingerprint density at radius 2 is 0.852 bits per heavy atom. The first-order valence-corrected chi connectivity index (χ1v) is 22.2. The quantitative estimate of drug-likeness (QED) is 0.0274. The number of unbranched alkanes of at least 4 members (excludes halogenated alkanes) is 22. The Bertz CT molecular complexity index is 919. The number of carbonyl (C=O) groups is 2. The highest BCUT2D eigenvalue weighted by Crippen LogP contribution is 2.16. The number of carbonyl (C=O) groups excluding carboxylic acids is 2. The Balaban J connectivity index is 0. The summed E-state index contributed by atoms with van der Waals surface area (Å²) in [6, 6.07) is 0. The molecule has 320 valence electrons. The summed E-state index contributed by atoms with van der Waals surface area (Å²) in [5.41, 5.74) is 0. The summed E-state index contributed by atoms with van der Waals surface area (Å²) in [6.07, 6.45) is 36.1. The first-order chi connectivity index (χ1) is 25.7. The number of allylic oxidation sites excluding steroid dienone is 2. The fourth-order valence-corrected chi connectivity index (χ4v) is 5.83. The third kappa shape index (κ3) is 48.1. The molecule has 0 aliphatic carbocycles. The third-order valence-corrected chi connectivity index (χ3v) is 9.25. The predicted molar refractivity (Wildman–Crippen MR) is 229 cm³/mol. The molecule has 0 aromatic rings. The molecular weight excluding hydrogens is 677 g/mol. The van der Waals surface area contributed by atoms with Gasteiger partial charge in [0.15, 0.2) is 0 Å². The van der Waals surface area contributed by atoms with E-state index < -0.39 is 0 Å². The molecule has 0 N–H and O–H groups in total. The summed E-state index contributed by atoms with van der Waals surface area (Å²) in [5.74, 6) is 0.790. The molecule has 0 unspecified atom stereocenters. The third-order valence-electron chi connectivity index (χ3n) is 9.25. The number of nitrogens with zero attached hydrogens (tertiary/aromatic N) is 2. The van der Waals surface area contributed by atoms with E-state index in [-0.39, 0.29) is 11.9 Å². The molecule has 8 nitrogen and oxygen atoms in total. The highest BCUT2D eigenvalue weighted by atomic mass is 16.6. The Morgan fingerprint density at radius 1 is 0.481 bits per heavy atom. The predicted octanol–water partition coefficient (Wildman–Crippen LogP) is 12.1. The number of hydrogen-bond acceptors (Lipinski definition) is 6. The van der Waals surface area contributed by atoms with Gasteiger partial charge in [-0.2, -0.15) is 0 Å². The number of rotatable bonds is 36. The zero-order chi connectivity index (χ0) is 40.8. The average Bonchev–Trinajstić information content (AvgIpc) is 3.08. The zero-order valence-electron chi connectivity index (χ0n) is 37.7. The molecule has 0 aliphatic rings. The van der Waals surface area contributed by atoms with Gasteiger partial charge in [-0.25, -0.2) is 0 Å². The van der Waals surface area contributed by atoms with E-state index in [1.807, 2.05) is 6.08 Å². The van der Waals surface area contributed by atoms with Crippen LogP contribution < -0.4 is 0 Å². The molecule has 0 aromatic heterocycles. The van der Waals surface area contributed by atoms with Crippen molar-refractivity contribution in [2.45, 2.75) is 188 Å². The lowest BCUT2D eigenvalue weighted by Crippen LogP contribution is -2.37. The van der Waals surface area contributed by atoms with Crippen molar-refractivity contribution in [3.63, 3.8) is 0 Å². The normalized spacial score (nSPS) is 12.3. The second-order valence-electron chi connectivity index (χ2n) is 17.4. The maximum atomic E-state index is 11.2. The van der Waals surface area contributed by atoms with E-state index in [2.05, 4.69) is 56.1 Å². The highest BCUT2D eigenvalue weighted by molar-refractivity contribution is 5.67. The van der Waals surface area contributed by atoms with E-state index >= 15 is 0 Å². The highest BCUT2D eigenvalue weighted by Gasteiger charge is 2.09. The molecule has 0 saturated heterocycles. The molecular formula is C46H92N2O6+2. The van der Waals surface area contributed by atoms with Crippen molar-refractivity contribution < 1.29 is 37.5 Å². The van der Waals surface area contributed by atoms with Crippen LogP contribution in [0.25, 0.3) is 0 Å². The fraction of sp³-hybridized carbons (Fsp3) is 0.870. The molecule has 0 fully saturated rings. The monoisotopic (exact) mass is 769 g/mol. The Kier molecular flexibility index (Phi) is 38.1. The van der Waals surface area contributed by atoms with Crippen molar-refractivity contribution in [1.82, 2.24) is 0 Å². The largest absolute Gasteiger partial charge is 0.492 e. The van der Waals surface area contributed by atoms with Crippen LogP contribution in [0.4, 0.5) is 0 Å². The molecule has 0 saturated carbocycles. The van der Waals surface area contributed by atoms with Crippen LogP contribution in [0.2, 0.25) is 0 Å². The van der Waals surface area contributed by atoms with E-state index in [0.29, 0.717) is 31.3 Å². The maximum Gasteiger partial charge on any atom is 0.307 e. The van der Waals surface area contributed by atoms with Crippen molar-refractivity contribution in [1.29, 1.82) is 0 Å². The minimum atomic E-state index is -0.268. The van der Waals surface area contributed by atoms with Crippen LogP contribution in [0.1, 0.15) is 188 Å². The molecule has 0 spiro atoms. The van der Waals surface area contributed by atoms with Gasteiger partial charge in [0.25, 0.3) is 0 Å². The minimum absolute atomic E-state index is 0.268. The SMILES string of the molecule is CCCCCCCCCCCCCC=C(COCC[N+](C)(C)C)OC(C)=O.CCCCCCCCCCCCCCC(=COCC[N+](C)(C)C)OC(C)=O. The minimum Gasteiger partial charge on any atom is -0.492 e. The smallest absolute Gasteiger partial charge is 0.307 e. The van der Waals surface area contributed by atoms with Gasteiger partial charge in [-0.05, 0) is 25.3 Å². The van der Waals surface area contributed by atoms with Gasteiger partial charge >= 0.3 is 11.9 Å². The van der Waals surface area contributed by atoms with Crippen LogP contribution in [0.3, 0.4) is 0 Å². The topological polar surface area (TPSA) is 71.1 Å². The Labute approximate surface area is 336 Å². The number of hydrogen-bond donors (Lipinski definition) is 0. The van der Waals surface area contributed by atoms with Gasteiger partial charge in [0.05, 0.1) is 48.9 Å². The molecule has 8 heteroatoms. The summed E-state index contributed by atoms with van der Waals surface area (Å²) in [7, 11) is 12.8. The fourth-order valence-electron chi connectivity index (χ4n) is 5.83. The molecule has 54 heavy (non-hydrogen) atoms. The lowest BCUT2D eigenvalue weighted by Gasteiger charge is -2.23. The van der Waals surface area contributed by atoms with Crippen LogP contribution in [0.15, 0.2) is 23.9 Å². The molecule has 0 atom stereocenters. The van der Waals surface area contributed by atoms with Crippen LogP contribution in [-0.4, -0.2) is 96.1 Å². The summed E-state index contributed by atoms with van der Waals surface area (Å²) in [5, 5.41) is 0. The van der Waals surface area contributed by atoms with Crippen LogP contribution in [-0.2, 0) is 28.5 Å². The lowest BCUT2D eigenvalue weighted by molar-refractivity contribution is -0.870. The second kappa shape index (κ2) is 38.0. The molecule has 0 amide bonds. The number of quaternary nitrogens is 2. The van der Waals surface area contributed by atoms with E-state index in [1.165, 1.54) is 149 Å². The van der Waals surface area contributed by atoms with Gasteiger partial charge in [-0.15, -0.1) is 0 Å². The second-order valence-corrected chi connectivity index (χ2v) is 17.4. The van der Waals surface area contributed by atoms with Gasteiger partial charge < -0.3 is 27.9 Å². The van der Waals surface area contributed by atoms with E-state index in [1.54, 1.807) is 6.26 Å². The van der Waals surface area contributed by atoms with Gasteiger partial charge in [0.1, 0.15) is 44.1 Å². The van der Waals surface area contributed by atoms with E-state index in [0.717, 1.165) is 47.7 Å². The summed E-state index contributed by atoms with van der Waals surface area (Å²) in [6.45, 7) is 11.0. The molecule has 0 aliphatic heterocycles. The molecule has 0 radical (unpaired) electrons. The molecule has 0 heterocycles. The van der Waals surface area contributed by atoms with Crippen molar-refractivity contribution >= 4 is 11.9 Å². The van der Waals surface area contributed by atoms with Crippen molar-refractivity contribution in [3.8, 4) is 0 Å². The van der Waals surface area contributed by atoms with Gasteiger partial charge in [0.2, 0.25) is 0 Å². The zero-order valence-corrected chi connectivity index (χ0v) is 37.7. The number of ether oxygens (including phenoxy) is 4. The average molecular weight is 769 g/mol. The Morgan fingerprint density at radius 3 is 1.26 bits per heavy atom. The molecule has 0 aromatic carbocycles. The van der Waals surface area contributed by atoms with Crippen molar-refractivity contribution in [3.05, 3.63) is 23.9 Å². The first kappa shape index (κ1) is 54.2. The molecule has 0 bridgehead atoms. The van der Waals surface area contributed by atoms with Gasteiger partial charge in [-0.3, -0.25) is 9.59 Å². The van der Waals surface area contributed by atoms with Gasteiger partial charge in [0, 0.05) is 20.3 Å². The number of esters is 2. The Hall–Kier alpha value is -1.90. The lowest BCUT2D eigenvalue weighted by atomic mass is 10.0. The summed E-state index contributed by atoms with van der Waals surface area (Å²) < 4.78 is 23.5. The standard InChI is InChI=1S/2C23H46NO3/c2*1-6-7-8-9-10-11-12-13-14-15-16-17-18-23(27-22(2)25)21-26-20-19-24(3,4)5/h21H,6-20H2,1-5H3;18H,6-17,19-21H2,1-5H3/q2*+1. The number of likely N-dealkylation sites (N-methyl/N-ethyl adjacent to an activating group) is 2. The summed E-state index contributed by atoms with van der Waals surface area (Å²) >= 11 is 0. The van der Waals surface area contributed by atoms with Crippen molar-refractivity contribution in [2.24, 2.45) is 0 Å². The van der Waals surface area contributed by atoms with Gasteiger partial charge in [-0.1, -0.05) is 149 Å².